The molecule has 0 spiro atoms. The normalized spacial score (nSPS) is 21.6. The first-order valence-electron chi connectivity index (χ1n) is 12.9. The molecule has 8 nitrogen and oxygen atoms in total. The van der Waals surface area contributed by atoms with Gasteiger partial charge in [-0.3, -0.25) is 14.7 Å². The van der Waals surface area contributed by atoms with E-state index >= 15 is 0 Å². The minimum absolute atomic E-state index is 0.0368. The Labute approximate surface area is 250 Å². The summed E-state index contributed by atoms with van der Waals surface area (Å²) >= 11 is 12.0. The van der Waals surface area contributed by atoms with Crippen molar-refractivity contribution in [1.29, 1.82) is 5.26 Å². The summed E-state index contributed by atoms with van der Waals surface area (Å²) in [7, 11) is -8.58. The first-order chi connectivity index (χ1) is 19.4. The Hall–Kier alpha value is -2.86. The Kier molecular flexibility index (Phi) is 9.93. The van der Waals surface area contributed by atoms with E-state index in [2.05, 4.69) is 10.3 Å². The highest BCUT2D eigenvalue weighted by atomic mass is 35.5. The summed E-state index contributed by atoms with van der Waals surface area (Å²) in [5.74, 6) is -0.420. The van der Waals surface area contributed by atoms with Crippen LogP contribution >= 0.6 is 33.4 Å². The van der Waals surface area contributed by atoms with Gasteiger partial charge in [0.25, 0.3) is 0 Å². The molecule has 1 aromatic heterocycles. The van der Waals surface area contributed by atoms with Crippen molar-refractivity contribution < 1.29 is 34.1 Å². The van der Waals surface area contributed by atoms with E-state index < -0.39 is 49.3 Å². The zero-order valence-corrected chi connectivity index (χ0v) is 24.7. The lowest BCUT2D eigenvalue weighted by Crippen LogP contribution is -2.44. The third kappa shape index (κ3) is 8.59. The average molecular weight is 659 g/mol. The molecule has 0 radical (unpaired) electrons. The van der Waals surface area contributed by atoms with E-state index in [1.165, 1.54) is 29.2 Å². The van der Waals surface area contributed by atoms with Crippen LogP contribution < -0.4 is 10.2 Å². The van der Waals surface area contributed by atoms with Crippen LogP contribution in [0, 0.1) is 11.5 Å². The Morgan fingerprint density at radius 1 is 1.21 bits per heavy atom. The van der Waals surface area contributed by atoms with E-state index in [1.807, 2.05) is 6.19 Å². The average Bonchev–Trinajstić information content (AvgIpc) is 3.28. The number of likely N-dealkylation sites (N-methyl/N-ethyl adjacent to an activating group) is 1. The molecule has 2 aliphatic rings. The molecule has 1 amide bonds. The van der Waals surface area contributed by atoms with Gasteiger partial charge in [-0.05, 0) is 31.0 Å². The number of nitrogens with one attached hydrogen (secondary N) is 1. The summed E-state index contributed by atoms with van der Waals surface area (Å²) in [6.07, 6.45) is 10.0. The standard InChI is InChI=1S/C20H22Cl2F5N3OS.C6H8N2O2/c1-30(19-16(21)10-15(11-17(19)22)32(23,24,25,26)27)18(13-6-5-9-28-12-13)20(31)29-14-7-3-2-4-8-14;7-4-8-2-6(10)1-5(8)3-9/h5-6,9-12,14,18H,2-4,7-8H2,1H3,(H,29,31);3,5-6,10H,1-2H2. The highest BCUT2D eigenvalue weighted by Crippen LogP contribution is 3.02. The number of β-amino-alcohol motifs (C(OH)–C–C–N with tert-alkyl or cyclic N) is 1. The summed E-state index contributed by atoms with van der Waals surface area (Å²) in [5.41, 5.74) is 0.263. The molecule has 0 bridgehead atoms. The van der Waals surface area contributed by atoms with Gasteiger partial charge < -0.3 is 20.1 Å². The SMILES string of the molecule is CN(c1c(Cl)cc(S(F)(F)(F)(F)F)cc1Cl)C(C(=O)NC1CCCCC1)c1cccnc1.N#CN1CC(O)CC1C=O. The molecule has 42 heavy (non-hydrogen) atoms. The van der Waals surface area contributed by atoms with E-state index in [4.69, 9.17) is 33.6 Å². The summed E-state index contributed by atoms with van der Waals surface area (Å²) in [4.78, 5) is 27.8. The number of carbonyl (C=O) groups is 2. The highest BCUT2D eigenvalue weighted by molar-refractivity contribution is 8.45. The first-order valence-corrected chi connectivity index (χ1v) is 15.6. The van der Waals surface area contributed by atoms with Crippen LogP contribution in [-0.4, -0.2) is 59.0 Å². The molecule has 3 atom stereocenters. The fourth-order valence-electron chi connectivity index (χ4n) is 4.93. The number of carbonyl (C=O) groups excluding carboxylic acids is 2. The smallest absolute Gasteiger partial charge is 0.310 e. The maximum Gasteiger partial charge on any atom is 0.310 e. The number of anilines is 1. The molecule has 1 saturated carbocycles. The van der Waals surface area contributed by atoms with Gasteiger partial charge in [0, 0.05) is 37.5 Å². The van der Waals surface area contributed by atoms with Crippen molar-refractivity contribution in [3.8, 4) is 6.19 Å². The van der Waals surface area contributed by atoms with Gasteiger partial charge in [-0.1, -0.05) is 68.0 Å². The van der Waals surface area contributed by atoms with Gasteiger partial charge in [-0.2, -0.15) is 5.26 Å². The molecule has 16 heteroatoms. The number of aromatic nitrogens is 1. The number of hydrogen-bond donors (Lipinski definition) is 2. The molecular weight excluding hydrogens is 628 g/mol. The number of aliphatic hydroxyl groups is 1. The van der Waals surface area contributed by atoms with Crippen molar-refractivity contribution in [3.63, 3.8) is 0 Å². The Bertz CT molecular complexity index is 1310. The second kappa shape index (κ2) is 12.4. The topological polar surface area (TPSA) is 110 Å². The van der Waals surface area contributed by atoms with Crippen LogP contribution in [0.1, 0.15) is 50.1 Å². The lowest BCUT2D eigenvalue weighted by molar-refractivity contribution is -0.123. The van der Waals surface area contributed by atoms with Crippen LogP contribution in [0.25, 0.3) is 0 Å². The van der Waals surface area contributed by atoms with E-state index in [0.29, 0.717) is 24.8 Å². The second-order valence-corrected chi connectivity index (χ2v) is 13.4. The molecule has 2 fully saturated rings. The summed E-state index contributed by atoms with van der Waals surface area (Å²) in [6.45, 7) is 0.292. The number of benzene rings is 1. The zero-order valence-electron chi connectivity index (χ0n) is 22.4. The van der Waals surface area contributed by atoms with Crippen molar-refractivity contribution in [3.05, 3.63) is 52.3 Å². The fraction of sp³-hybridized carbons (Fsp3) is 0.462. The number of halogens is 7. The molecule has 1 aliphatic carbocycles. The van der Waals surface area contributed by atoms with Gasteiger partial charge in [0.05, 0.1) is 34.4 Å². The van der Waals surface area contributed by atoms with Crippen LogP contribution in [-0.2, 0) is 9.59 Å². The Morgan fingerprint density at radius 3 is 2.31 bits per heavy atom. The second-order valence-electron chi connectivity index (χ2n) is 10.2. The lowest BCUT2D eigenvalue weighted by atomic mass is 9.95. The van der Waals surface area contributed by atoms with Gasteiger partial charge in [0.2, 0.25) is 5.91 Å². The van der Waals surface area contributed by atoms with Crippen molar-refractivity contribution in [2.24, 2.45) is 0 Å². The first kappa shape index (κ1) is 33.6. The van der Waals surface area contributed by atoms with Gasteiger partial charge in [-0.15, -0.1) is 0 Å². The molecule has 4 rings (SSSR count). The van der Waals surface area contributed by atoms with Crippen LogP contribution in [0.4, 0.5) is 25.1 Å². The summed E-state index contributed by atoms with van der Waals surface area (Å²) in [6, 6.07) is 2.02. The molecule has 232 valence electrons. The number of hydrogen-bond acceptors (Lipinski definition) is 7. The van der Waals surface area contributed by atoms with Crippen molar-refractivity contribution in [2.75, 3.05) is 18.5 Å². The molecule has 1 aliphatic heterocycles. The van der Waals surface area contributed by atoms with E-state index in [9.17, 15) is 29.0 Å². The lowest BCUT2D eigenvalue weighted by Gasteiger charge is -2.41. The van der Waals surface area contributed by atoms with Gasteiger partial charge >= 0.3 is 10.2 Å². The minimum Gasteiger partial charge on any atom is -0.391 e. The Balaban J connectivity index is 0.000000408. The van der Waals surface area contributed by atoms with E-state index in [1.54, 1.807) is 12.1 Å². The largest absolute Gasteiger partial charge is 0.391 e. The summed E-state index contributed by atoms with van der Waals surface area (Å²) < 4.78 is 66.2. The highest BCUT2D eigenvalue weighted by Gasteiger charge is 2.65. The third-order valence-electron chi connectivity index (χ3n) is 6.98. The van der Waals surface area contributed by atoms with Gasteiger partial charge in [0.1, 0.15) is 17.2 Å². The molecule has 2 N–H and O–H groups in total. The number of aldehydes is 1. The summed E-state index contributed by atoms with van der Waals surface area (Å²) in [5, 5.41) is 19.0. The van der Waals surface area contributed by atoms with Crippen molar-refractivity contribution in [2.45, 2.75) is 67.6 Å². The number of nitriles is 1. The predicted octanol–water partition coefficient (Wildman–Crippen LogP) is 6.77. The van der Waals surface area contributed by atoms with Crippen molar-refractivity contribution in [1.82, 2.24) is 15.2 Å². The van der Waals surface area contributed by atoms with Crippen LogP contribution in [0.5, 0.6) is 0 Å². The monoisotopic (exact) mass is 657 g/mol. The van der Waals surface area contributed by atoms with E-state index in [0.717, 1.165) is 32.1 Å². The number of pyridine rings is 1. The zero-order chi connectivity index (χ0) is 31.4. The molecule has 2 heterocycles. The maximum atomic E-state index is 13.2. The van der Waals surface area contributed by atoms with Crippen LogP contribution in [0.3, 0.4) is 0 Å². The number of aliphatic hydroxyl groups excluding tert-OH is 1. The van der Waals surface area contributed by atoms with E-state index in [-0.39, 0.29) is 23.9 Å². The number of likely N-dealkylation sites (tertiary alicyclic amines) is 1. The molecule has 3 unspecified atom stereocenters. The maximum absolute atomic E-state index is 13.2. The fourth-order valence-corrected chi connectivity index (χ4v) is 6.50. The van der Waals surface area contributed by atoms with Gasteiger partial charge in [-0.25, -0.2) is 0 Å². The molecule has 2 aromatic rings. The quantitative estimate of drug-likeness (QED) is 0.192. The Morgan fingerprint density at radius 2 is 1.83 bits per heavy atom. The molecular formula is C26H30Cl2F5N5O3S. The number of nitrogens with zero attached hydrogens (tertiary/aromatic N) is 4. The molecule has 1 saturated heterocycles. The van der Waals surface area contributed by atoms with Crippen LogP contribution in [0.2, 0.25) is 10.0 Å². The van der Waals surface area contributed by atoms with Crippen molar-refractivity contribution >= 4 is 51.3 Å². The predicted molar refractivity (Wildman–Crippen MR) is 151 cm³/mol. The number of rotatable bonds is 7. The molecule has 1 aromatic carbocycles. The number of amides is 1. The minimum atomic E-state index is -9.99. The third-order valence-corrected chi connectivity index (χ3v) is 8.69. The van der Waals surface area contributed by atoms with Crippen LogP contribution in [0.15, 0.2) is 41.6 Å². The van der Waals surface area contributed by atoms with Gasteiger partial charge in [0.15, 0.2) is 6.19 Å².